The molecule has 0 fully saturated rings. The first-order valence-electron chi connectivity index (χ1n) is 7.30. The third-order valence-electron chi connectivity index (χ3n) is 3.06. The van der Waals surface area contributed by atoms with Gasteiger partial charge in [-0.15, -0.1) is 0 Å². The smallest absolute Gasteiger partial charge is 0.332 e. The molecule has 0 atom stereocenters. The Morgan fingerprint density at radius 2 is 1.50 bits per heavy atom. The van der Waals surface area contributed by atoms with Crippen LogP contribution in [0.25, 0.3) is 0 Å². The van der Waals surface area contributed by atoms with E-state index in [1.807, 2.05) is 0 Å². The Hall–Kier alpha value is -1.13. The molecule has 0 saturated carbocycles. The van der Waals surface area contributed by atoms with Gasteiger partial charge in [0.15, 0.2) is 0 Å². The highest BCUT2D eigenvalue weighted by Gasteiger charge is 1.96. The summed E-state index contributed by atoms with van der Waals surface area (Å²) in [5, 5.41) is 13.1. The van der Waals surface area contributed by atoms with E-state index in [1.54, 1.807) is 0 Å². The molecule has 5 heteroatoms. The molecule has 1 aromatic heterocycles. The first-order chi connectivity index (χ1) is 8.93. The summed E-state index contributed by atoms with van der Waals surface area (Å²) in [6.07, 6.45) is 13.3. The van der Waals surface area contributed by atoms with Crippen LogP contribution in [0.2, 0.25) is 0 Å². The van der Waals surface area contributed by atoms with E-state index in [4.69, 9.17) is 4.74 Å². The molecule has 0 aliphatic heterocycles. The van der Waals surface area contributed by atoms with Gasteiger partial charge >= 0.3 is 6.01 Å². The van der Waals surface area contributed by atoms with Gasteiger partial charge in [-0.25, -0.2) is 5.10 Å². The minimum atomic E-state index is 0.422. The van der Waals surface area contributed by atoms with Crippen molar-refractivity contribution in [1.29, 1.82) is 0 Å². The summed E-state index contributed by atoms with van der Waals surface area (Å²) in [6, 6.07) is 0.422. The van der Waals surface area contributed by atoms with Crippen molar-refractivity contribution >= 4 is 0 Å². The minimum Gasteiger partial charge on any atom is -0.463 e. The van der Waals surface area contributed by atoms with Crippen molar-refractivity contribution in [3.63, 3.8) is 0 Å². The quantitative estimate of drug-likeness (QED) is 0.580. The van der Waals surface area contributed by atoms with Crippen LogP contribution in [-0.4, -0.2) is 27.2 Å². The van der Waals surface area contributed by atoms with Crippen LogP contribution < -0.4 is 4.74 Å². The van der Waals surface area contributed by atoms with E-state index in [2.05, 4.69) is 27.5 Å². The van der Waals surface area contributed by atoms with Gasteiger partial charge < -0.3 is 4.74 Å². The van der Waals surface area contributed by atoms with Crippen molar-refractivity contribution in [1.82, 2.24) is 20.6 Å². The highest BCUT2D eigenvalue weighted by molar-refractivity contribution is 4.80. The molecule has 0 saturated heterocycles. The van der Waals surface area contributed by atoms with Crippen LogP contribution in [0, 0.1) is 0 Å². The Bertz CT molecular complexity index is 264. The highest BCUT2D eigenvalue weighted by atomic mass is 16.5. The van der Waals surface area contributed by atoms with Gasteiger partial charge in [0.2, 0.25) is 0 Å². The SMILES string of the molecule is CCCCCCCCCCCCOc1nnn[nH]1. The molecule has 104 valence electrons. The van der Waals surface area contributed by atoms with Crippen molar-refractivity contribution in [2.24, 2.45) is 0 Å². The van der Waals surface area contributed by atoms with E-state index in [1.165, 1.54) is 57.8 Å². The molecule has 0 spiro atoms. The molecule has 1 rings (SSSR count). The van der Waals surface area contributed by atoms with Gasteiger partial charge in [-0.05, 0) is 16.8 Å². The molecule has 1 N–H and O–H groups in total. The van der Waals surface area contributed by atoms with Crippen molar-refractivity contribution in [3.8, 4) is 6.01 Å². The summed E-state index contributed by atoms with van der Waals surface area (Å²) in [4.78, 5) is 0. The average Bonchev–Trinajstić information content (AvgIpc) is 2.89. The molecular weight excluding hydrogens is 228 g/mol. The topological polar surface area (TPSA) is 63.7 Å². The van der Waals surface area contributed by atoms with Crippen LogP contribution in [-0.2, 0) is 0 Å². The summed E-state index contributed by atoms with van der Waals surface area (Å²) in [5.41, 5.74) is 0. The lowest BCUT2D eigenvalue weighted by Gasteiger charge is -2.02. The number of tetrazole rings is 1. The second kappa shape index (κ2) is 11.0. The predicted molar refractivity (Wildman–Crippen MR) is 71.5 cm³/mol. The fourth-order valence-electron chi connectivity index (χ4n) is 1.97. The number of aromatic nitrogens is 4. The lowest BCUT2D eigenvalue weighted by Crippen LogP contribution is -1.98. The molecule has 1 aromatic rings. The van der Waals surface area contributed by atoms with Gasteiger partial charge in [-0.1, -0.05) is 69.8 Å². The van der Waals surface area contributed by atoms with E-state index in [-0.39, 0.29) is 0 Å². The first-order valence-corrected chi connectivity index (χ1v) is 7.30. The number of nitrogens with zero attached hydrogens (tertiary/aromatic N) is 3. The molecule has 0 aliphatic carbocycles. The predicted octanol–water partition coefficient (Wildman–Crippen LogP) is 3.50. The Balaban J connectivity index is 1.73. The van der Waals surface area contributed by atoms with Gasteiger partial charge in [0, 0.05) is 0 Å². The lowest BCUT2D eigenvalue weighted by molar-refractivity contribution is 0.281. The maximum absolute atomic E-state index is 5.33. The normalized spacial score (nSPS) is 10.7. The molecule has 5 nitrogen and oxygen atoms in total. The van der Waals surface area contributed by atoms with Crippen LogP contribution in [0.15, 0.2) is 0 Å². The van der Waals surface area contributed by atoms with Crippen LogP contribution in [0.3, 0.4) is 0 Å². The van der Waals surface area contributed by atoms with Gasteiger partial charge in [0.05, 0.1) is 6.61 Å². The Morgan fingerprint density at radius 1 is 0.889 bits per heavy atom. The molecule has 18 heavy (non-hydrogen) atoms. The lowest BCUT2D eigenvalue weighted by atomic mass is 10.1. The zero-order chi connectivity index (χ0) is 12.9. The summed E-state index contributed by atoms with van der Waals surface area (Å²) >= 11 is 0. The molecule has 1 heterocycles. The zero-order valence-electron chi connectivity index (χ0n) is 11.5. The van der Waals surface area contributed by atoms with Crippen LogP contribution in [0.1, 0.15) is 71.1 Å². The van der Waals surface area contributed by atoms with Gasteiger partial charge in [-0.2, -0.15) is 0 Å². The second-order valence-corrected chi connectivity index (χ2v) is 4.74. The number of unbranched alkanes of at least 4 members (excludes halogenated alkanes) is 9. The Morgan fingerprint density at radius 3 is 2.06 bits per heavy atom. The van der Waals surface area contributed by atoms with E-state index in [9.17, 15) is 0 Å². The fourth-order valence-corrected chi connectivity index (χ4v) is 1.97. The second-order valence-electron chi connectivity index (χ2n) is 4.74. The molecule has 0 amide bonds. The van der Waals surface area contributed by atoms with Crippen LogP contribution >= 0.6 is 0 Å². The van der Waals surface area contributed by atoms with Crippen LogP contribution in [0.5, 0.6) is 6.01 Å². The number of aromatic amines is 1. The van der Waals surface area contributed by atoms with Crippen molar-refractivity contribution < 1.29 is 4.74 Å². The summed E-state index contributed by atoms with van der Waals surface area (Å²) in [5.74, 6) is 0. The maximum Gasteiger partial charge on any atom is 0.332 e. The molecule has 0 aromatic carbocycles. The summed E-state index contributed by atoms with van der Waals surface area (Å²) in [7, 11) is 0. The molecule has 0 radical (unpaired) electrons. The Labute approximate surface area is 110 Å². The third-order valence-corrected chi connectivity index (χ3v) is 3.06. The molecular formula is C13H26N4O. The number of ether oxygens (including phenoxy) is 1. The molecule has 0 bridgehead atoms. The Kier molecular flexibility index (Phi) is 9.11. The minimum absolute atomic E-state index is 0.422. The van der Waals surface area contributed by atoms with Crippen LogP contribution in [0.4, 0.5) is 0 Å². The van der Waals surface area contributed by atoms with Crippen molar-refractivity contribution in [2.45, 2.75) is 71.1 Å². The van der Waals surface area contributed by atoms with Gasteiger partial charge in [0.25, 0.3) is 0 Å². The number of H-pyrrole nitrogens is 1. The number of nitrogens with one attached hydrogen (secondary N) is 1. The monoisotopic (exact) mass is 254 g/mol. The number of hydrogen-bond acceptors (Lipinski definition) is 4. The highest BCUT2D eigenvalue weighted by Crippen LogP contribution is 2.10. The summed E-state index contributed by atoms with van der Waals surface area (Å²) in [6.45, 7) is 2.96. The standard InChI is InChI=1S/C13H26N4O/c1-2-3-4-5-6-7-8-9-10-11-12-18-13-14-16-17-15-13/h2-12H2,1H3,(H,14,15,16,17). The number of rotatable bonds is 12. The molecule has 0 aliphatic rings. The van der Waals surface area contributed by atoms with E-state index >= 15 is 0 Å². The maximum atomic E-state index is 5.33. The third kappa shape index (κ3) is 8.03. The first kappa shape index (κ1) is 14.9. The molecule has 0 unspecified atom stereocenters. The fraction of sp³-hybridized carbons (Fsp3) is 0.923. The zero-order valence-corrected chi connectivity index (χ0v) is 11.5. The largest absolute Gasteiger partial charge is 0.463 e. The summed E-state index contributed by atoms with van der Waals surface area (Å²) < 4.78 is 5.33. The van der Waals surface area contributed by atoms with Crippen molar-refractivity contribution in [3.05, 3.63) is 0 Å². The van der Waals surface area contributed by atoms with Crippen molar-refractivity contribution in [2.75, 3.05) is 6.61 Å². The van der Waals surface area contributed by atoms with E-state index < -0.39 is 0 Å². The average molecular weight is 254 g/mol. The van der Waals surface area contributed by atoms with Gasteiger partial charge in [0.1, 0.15) is 0 Å². The van der Waals surface area contributed by atoms with Gasteiger partial charge in [-0.3, -0.25) is 0 Å². The number of hydrogen-bond donors (Lipinski definition) is 1. The van der Waals surface area contributed by atoms with E-state index in [0.29, 0.717) is 12.6 Å². The van der Waals surface area contributed by atoms with E-state index in [0.717, 1.165) is 6.42 Å².